The van der Waals surface area contributed by atoms with Gasteiger partial charge in [-0.25, -0.2) is 4.68 Å². The fraction of sp³-hybridized carbons (Fsp3) is 0.320. The van der Waals surface area contributed by atoms with Crippen molar-refractivity contribution in [3.05, 3.63) is 83.7 Å². The molecule has 1 amide bonds. The molecule has 1 N–H and O–H groups in total. The van der Waals surface area contributed by atoms with Gasteiger partial charge < -0.3 is 15.1 Å². The molecule has 1 aromatic heterocycles. The van der Waals surface area contributed by atoms with Crippen molar-refractivity contribution in [2.45, 2.75) is 32.5 Å². The van der Waals surface area contributed by atoms with Crippen LogP contribution in [0.5, 0.6) is 0 Å². The maximum Gasteiger partial charge on any atom is 0.223 e. The van der Waals surface area contributed by atoms with Gasteiger partial charge in [0.25, 0.3) is 0 Å². The predicted octanol–water partition coefficient (Wildman–Crippen LogP) is 3.82. The van der Waals surface area contributed by atoms with Gasteiger partial charge in [-0.15, -0.1) is 24.0 Å². The molecule has 0 atom stereocenters. The number of nitrogens with one attached hydrogen (secondary N) is 1. The molecule has 3 aromatic rings. The van der Waals surface area contributed by atoms with Crippen molar-refractivity contribution < 1.29 is 4.79 Å². The predicted molar refractivity (Wildman–Crippen MR) is 142 cm³/mol. The van der Waals surface area contributed by atoms with E-state index in [2.05, 4.69) is 32.4 Å². The minimum atomic E-state index is 0. The van der Waals surface area contributed by atoms with E-state index in [4.69, 9.17) is 0 Å². The Kier molecular flexibility index (Phi) is 8.87. The number of hydrogen-bond donors (Lipinski definition) is 1. The molecule has 1 aliphatic rings. The lowest BCUT2D eigenvalue weighted by Crippen LogP contribution is -2.39. The van der Waals surface area contributed by atoms with E-state index in [1.54, 1.807) is 7.05 Å². The smallest absolute Gasteiger partial charge is 0.223 e. The molecule has 2 heterocycles. The van der Waals surface area contributed by atoms with Gasteiger partial charge in [-0.1, -0.05) is 42.5 Å². The number of guanidine groups is 1. The lowest BCUT2D eigenvalue weighted by Gasteiger charge is -2.21. The van der Waals surface area contributed by atoms with Gasteiger partial charge in [0.15, 0.2) is 5.96 Å². The molecule has 0 fully saturated rings. The Bertz CT molecular complexity index is 1060. The lowest BCUT2D eigenvalue weighted by atomic mass is 10.1. The van der Waals surface area contributed by atoms with Crippen molar-refractivity contribution >= 4 is 35.8 Å². The number of aliphatic imine (C=N–C) groups is 1. The first-order valence-electron chi connectivity index (χ1n) is 11.0. The van der Waals surface area contributed by atoms with Gasteiger partial charge >= 0.3 is 0 Å². The molecule has 7 nitrogen and oxygen atoms in total. The monoisotopic (exact) mass is 558 g/mol. The summed E-state index contributed by atoms with van der Waals surface area (Å²) in [5, 5.41) is 7.83. The van der Waals surface area contributed by atoms with Crippen LogP contribution >= 0.6 is 24.0 Å². The molecule has 33 heavy (non-hydrogen) atoms. The molecular formula is C25H31IN6O. The second-order valence-corrected chi connectivity index (χ2v) is 8.08. The second-order valence-electron chi connectivity index (χ2n) is 8.08. The molecular weight excluding hydrogens is 527 g/mol. The maximum absolute atomic E-state index is 12.6. The van der Waals surface area contributed by atoms with Crippen LogP contribution in [0.4, 0.5) is 0 Å². The molecule has 1 aliphatic heterocycles. The standard InChI is InChI=1S/C25H30N6O.HI/c1-26-25(29(2)16-20-15-28-31(17-20)23-11-4-3-5-12-23)27-14-8-13-24(32)30-18-21-9-6-7-10-22(21)19-30;/h3-7,9-12,15,17H,8,13-14,16,18-19H2,1-2H3,(H,26,27);1H. The lowest BCUT2D eigenvalue weighted by molar-refractivity contribution is -0.131. The number of carbonyl (C=O) groups is 1. The normalized spacial score (nSPS) is 12.8. The van der Waals surface area contributed by atoms with Crippen LogP contribution in [0.1, 0.15) is 29.5 Å². The van der Waals surface area contributed by atoms with Crippen molar-refractivity contribution in [2.24, 2.45) is 4.99 Å². The van der Waals surface area contributed by atoms with E-state index in [1.165, 1.54) is 11.1 Å². The largest absolute Gasteiger partial charge is 0.356 e. The number of carbonyl (C=O) groups excluding carboxylic acids is 1. The highest BCUT2D eigenvalue weighted by molar-refractivity contribution is 14.0. The third-order valence-electron chi connectivity index (χ3n) is 5.69. The molecule has 0 bridgehead atoms. The summed E-state index contributed by atoms with van der Waals surface area (Å²) in [5.41, 5.74) is 4.66. The fourth-order valence-corrected chi connectivity index (χ4v) is 4.00. The molecule has 0 saturated heterocycles. The van der Waals surface area contributed by atoms with E-state index in [-0.39, 0.29) is 29.9 Å². The molecule has 0 radical (unpaired) electrons. The number of halogens is 1. The summed E-state index contributed by atoms with van der Waals surface area (Å²) >= 11 is 0. The molecule has 0 saturated carbocycles. The first-order chi connectivity index (χ1) is 15.6. The number of amides is 1. The van der Waals surface area contributed by atoms with Gasteiger partial charge in [0.2, 0.25) is 5.91 Å². The molecule has 174 valence electrons. The topological polar surface area (TPSA) is 65.8 Å². The molecule has 8 heteroatoms. The number of hydrogen-bond acceptors (Lipinski definition) is 3. The van der Waals surface area contributed by atoms with Gasteiger partial charge in [0.05, 0.1) is 11.9 Å². The average Bonchev–Trinajstić information content (AvgIpc) is 3.46. The van der Waals surface area contributed by atoms with Crippen molar-refractivity contribution in [3.8, 4) is 5.69 Å². The zero-order valence-corrected chi connectivity index (χ0v) is 21.5. The number of aromatic nitrogens is 2. The zero-order chi connectivity index (χ0) is 22.3. The van der Waals surface area contributed by atoms with Crippen molar-refractivity contribution in [3.63, 3.8) is 0 Å². The third-order valence-corrected chi connectivity index (χ3v) is 5.69. The van der Waals surface area contributed by atoms with Crippen LogP contribution in [-0.2, 0) is 24.4 Å². The van der Waals surface area contributed by atoms with Crippen LogP contribution < -0.4 is 5.32 Å². The van der Waals surface area contributed by atoms with Gasteiger partial charge in [-0.05, 0) is 29.7 Å². The van der Waals surface area contributed by atoms with Crippen LogP contribution in [0.25, 0.3) is 5.69 Å². The summed E-state index contributed by atoms with van der Waals surface area (Å²) in [5.74, 6) is 1.01. The Balaban J connectivity index is 0.00000306. The van der Waals surface area contributed by atoms with Crippen LogP contribution in [0.2, 0.25) is 0 Å². The van der Waals surface area contributed by atoms with Crippen LogP contribution in [0.15, 0.2) is 72.0 Å². The minimum Gasteiger partial charge on any atom is -0.356 e. The van der Waals surface area contributed by atoms with E-state index in [0.29, 0.717) is 19.5 Å². The highest BCUT2D eigenvalue weighted by Crippen LogP contribution is 2.22. The average molecular weight is 558 g/mol. The van der Waals surface area contributed by atoms with E-state index in [9.17, 15) is 4.79 Å². The first-order valence-corrected chi connectivity index (χ1v) is 11.0. The Labute approximate surface area is 212 Å². The maximum atomic E-state index is 12.6. The zero-order valence-electron chi connectivity index (χ0n) is 19.1. The Morgan fingerprint density at radius 2 is 1.76 bits per heavy atom. The summed E-state index contributed by atoms with van der Waals surface area (Å²) in [7, 11) is 3.78. The summed E-state index contributed by atoms with van der Waals surface area (Å²) in [6, 6.07) is 18.3. The second kappa shape index (κ2) is 11.8. The number of para-hydroxylation sites is 1. The minimum absolute atomic E-state index is 0. The summed E-state index contributed by atoms with van der Waals surface area (Å²) < 4.78 is 1.88. The van der Waals surface area contributed by atoms with Gasteiger partial charge in [-0.3, -0.25) is 9.79 Å². The first kappa shape index (κ1) is 24.8. The van der Waals surface area contributed by atoms with Crippen LogP contribution in [-0.4, -0.2) is 52.1 Å². The highest BCUT2D eigenvalue weighted by atomic mass is 127. The quantitative estimate of drug-likeness (QED) is 0.207. The van der Waals surface area contributed by atoms with Gasteiger partial charge in [-0.2, -0.15) is 5.10 Å². The molecule has 0 unspecified atom stereocenters. The Morgan fingerprint density at radius 1 is 1.09 bits per heavy atom. The number of rotatable bonds is 7. The molecule has 0 aliphatic carbocycles. The van der Waals surface area contributed by atoms with E-state index in [0.717, 1.165) is 36.7 Å². The number of benzene rings is 2. The fourth-order valence-electron chi connectivity index (χ4n) is 4.00. The van der Waals surface area contributed by atoms with Crippen molar-refractivity contribution in [1.29, 1.82) is 0 Å². The Morgan fingerprint density at radius 3 is 2.42 bits per heavy atom. The molecule has 4 rings (SSSR count). The summed E-state index contributed by atoms with van der Waals surface area (Å²) in [6.07, 6.45) is 5.21. The highest BCUT2D eigenvalue weighted by Gasteiger charge is 2.22. The number of fused-ring (bicyclic) bond motifs is 1. The van der Waals surface area contributed by atoms with E-state index >= 15 is 0 Å². The van der Waals surface area contributed by atoms with Crippen LogP contribution in [0, 0.1) is 0 Å². The third kappa shape index (κ3) is 6.34. The van der Waals surface area contributed by atoms with Crippen molar-refractivity contribution in [2.75, 3.05) is 20.6 Å². The van der Waals surface area contributed by atoms with Gasteiger partial charge in [0, 0.05) is 58.5 Å². The van der Waals surface area contributed by atoms with Crippen LogP contribution in [0.3, 0.4) is 0 Å². The molecule has 0 spiro atoms. The summed E-state index contributed by atoms with van der Waals surface area (Å²) in [4.78, 5) is 21.0. The number of nitrogens with zero attached hydrogens (tertiary/aromatic N) is 5. The van der Waals surface area contributed by atoms with E-state index in [1.807, 2.05) is 71.5 Å². The van der Waals surface area contributed by atoms with E-state index < -0.39 is 0 Å². The Hall–Kier alpha value is -2.88. The van der Waals surface area contributed by atoms with Crippen molar-refractivity contribution in [1.82, 2.24) is 24.9 Å². The van der Waals surface area contributed by atoms with Gasteiger partial charge in [0.1, 0.15) is 0 Å². The SMILES string of the molecule is CN=C(NCCCC(=O)N1Cc2ccccc2C1)N(C)Cc1cnn(-c2ccccc2)c1.I. The summed E-state index contributed by atoms with van der Waals surface area (Å²) in [6.45, 7) is 2.84. The molecule has 2 aromatic carbocycles.